The van der Waals surface area contributed by atoms with Gasteiger partial charge in [0.15, 0.2) is 0 Å². The maximum absolute atomic E-state index is 12.3. The number of ketones is 1. The Kier molecular flexibility index (Phi) is 5.35. The molecule has 0 bridgehead atoms. The van der Waals surface area contributed by atoms with Gasteiger partial charge in [0, 0.05) is 11.8 Å². The first-order valence-electron chi connectivity index (χ1n) is 6.74. The molecule has 1 nitrogen and oxygen atoms in total. The molecule has 1 heteroatoms. The molecule has 0 aliphatic heterocycles. The second kappa shape index (κ2) is 6.30. The number of rotatable bonds is 5. The summed E-state index contributed by atoms with van der Waals surface area (Å²) in [5.74, 6) is 1.94. The maximum atomic E-state index is 12.3. The number of hydrogen-bond acceptors (Lipinski definition) is 1. The van der Waals surface area contributed by atoms with E-state index in [0.29, 0.717) is 23.5 Å². The lowest BCUT2D eigenvalue weighted by atomic mass is 9.73. The predicted octanol–water partition coefficient (Wildman–Crippen LogP) is 4.21. The highest BCUT2D eigenvalue weighted by atomic mass is 16.1. The van der Waals surface area contributed by atoms with Gasteiger partial charge >= 0.3 is 0 Å². The standard InChI is InChI=1S/C14H26O/c1-4-8-11(3)14(15)13-10-7-6-9-12(13)5-2/h11-13H,4-10H2,1-3H3. The van der Waals surface area contributed by atoms with E-state index in [9.17, 15) is 4.79 Å². The van der Waals surface area contributed by atoms with Crippen LogP contribution in [0.3, 0.4) is 0 Å². The fourth-order valence-corrected chi connectivity index (χ4v) is 3.01. The Labute approximate surface area is 94.6 Å². The average molecular weight is 210 g/mol. The van der Waals surface area contributed by atoms with E-state index in [2.05, 4.69) is 20.8 Å². The third kappa shape index (κ3) is 3.32. The predicted molar refractivity (Wildman–Crippen MR) is 64.8 cm³/mol. The van der Waals surface area contributed by atoms with E-state index >= 15 is 0 Å². The van der Waals surface area contributed by atoms with Crippen molar-refractivity contribution in [2.45, 2.75) is 65.7 Å². The molecule has 1 aliphatic carbocycles. The second-order valence-corrected chi connectivity index (χ2v) is 5.15. The van der Waals surface area contributed by atoms with Crippen LogP contribution in [-0.2, 0) is 4.79 Å². The lowest BCUT2D eigenvalue weighted by Gasteiger charge is -2.31. The average Bonchev–Trinajstić information content (AvgIpc) is 2.28. The number of hydrogen-bond donors (Lipinski definition) is 0. The van der Waals surface area contributed by atoms with Gasteiger partial charge in [0.2, 0.25) is 0 Å². The van der Waals surface area contributed by atoms with Gasteiger partial charge in [0.05, 0.1) is 0 Å². The van der Waals surface area contributed by atoms with Crippen LogP contribution in [-0.4, -0.2) is 5.78 Å². The SMILES string of the molecule is CCCC(C)C(=O)C1CCCCC1CC. The molecule has 3 unspecified atom stereocenters. The lowest BCUT2D eigenvalue weighted by molar-refractivity contribution is -0.129. The van der Waals surface area contributed by atoms with Crippen LogP contribution in [0.25, 0.3) is 0 Å². The van der Waals surface area contributed by atoms with Gasteiger partial charge in [-0.2, -0.15) is 0 Å². The zero-order valence-electron chi connectivity index (χ0n) is 10.6. The van der Waals surface area contributed by atoms with Crippen LogP contribution in [0.5, 0.6) is 0 Å². The van der Waals surface area contributed by atoms with E-state index in [1.165, 1.54) is 25.7 Å². The quantitative estimate of drug-likeness (QED) is 0.664. The van der Waals surface area contributed by atoms with Gasteiger partial charge in [-0.1, -0.05) is 46.5 Å². The topological polar surface area (TPSA) is 17.1 Å². The van der Waals surface area contributed by atoms with E-state index in [-0.39, 0.29) is 0 Å². The highest BCUT2D eigenvalue weighted by Crippen LogP contribution is 2.34. The molecule has 0 aromatic carbocycles. The smallest absolute Gasteiger partial charge is 0.139 e. The monoisotopic (exact) mass is 210 g/mol. The molecule has 1 rings (SSSR count). The van der Waals surface area contributed by atoms with Gasteiger partial charge in [0.1, 0.15) is 5.78 Å². The van der Waals surface area contributed by atoms with Crippen LogP contribution >= 0.6 is 0 Å². The summed E-state index contributed by atoms with van der Waals surface area (Å²) in [6, 6.07) is 0. The molecule has 15 heavy (non-hydrogen) atoms. The van der Waals surface area contributed by atoms with Crippen LogP contribution in [0.4, 0.5) is 0 Å². The summed E-state index contributed by atoms with van der Waals surface area (Å²) in [5.41, 5.74) is 0. The maximum Gasteiger partial charge on any atom is 0.139 e. The minimum Gasteiger partial charge on any atom is -0.299 e. The third-order valence-electron chi connectivity index (χ3n) is 4.01. The molecule has 1 fully saturated rings. The molecule has 0 aromatic rings. The van der Waals surface area contributed by atoms with Gasteiger partial charge in [-0.15, -0.1) is 0 Å². The Morgan fingerprint density at radius 3 is 2.53 bits per heavy atom. The van der Waals surface area contributed by atoms with Crippen molar-refractivity contribution in [1.29, 1.82) is 0 Å². The molecule has 0 amide bonds. The highest BCUT2D eigenvalue weighted by molar-refractivity contribution is 5.83. The highest BCUT2D eigenvalue weighted by Gasteiger charge is 2.31. The summed E-state index contributed by atoms with van der Waals surface area (Å²) in [5, 5.41) is 0. The van der Waals surface area contributed by atoms with Gasteiger partial charge in [-0.05, 0) is 25.2 Å². The Morgan fingerprint density at radius 2 is 1.93 bits per heavy atom. The Hall–Kier alpha value is -0.330. The van der Waals surface area contributed by atoms with E-state index in [4.69, 9.17) is 0 Å². The normalized spacial score (nSPS) is 28.7. The van der Waals surface area contributed by atoms with E-state index < -0.39 is 0 Å². The Bertz CT molecular complexity index is 198. The van der Waals surface area contributed by atoms with Crippen LogP contribution < -0.4 is 0 Å². The molecule has 0 N–H and O–H groups in total. The van der Waals surface area contributed by atoms with Crippen molar-refractivity contribution in [3.05, 3.63) is 0 Å². The Morgan fingerprint density at radius 1 is 1.27 bits per heavy atom. The van der Waals surface area contributed by atoms with Crippen molar-refractivity contribution in [1.82, 2.24) is 0 Å². The lowest BCUT2D eigenvalue weighted by Crippen LogP contribution is -2.30. The van der Waals surface area contributed by atoms with Gasteiger partial charge < -0.3 is 0 Å². The van der Waals surface area contributed by atoms with E-state index in [1.807, 2.05) is 0 Å². The van der Waals surface area contributed by atoms with Crippen molar-refractivity contribution in [3.63, 3.8) is 0 Å². The fraction of sp³-hybridized carbons (Fsp3) is 0.929. The Balaban J connectivity index is 2.55. The molecular weight excluding hydrogens is 184 g/mol. The summed E-state index contributed by atoms with van der Waals surface area (Å²) >= 11 is 0. The van der Waals surface area contributed by atoms with Crippen LogP contribution in [0.2, 0.25) is 0 Å². The summed E-state index contributed by atoms with van der Waals surface area (Å²) in [7, 11) is 0. The molecule has 88 valence electrons. The first kappa shape index (κ1) is 12.7. The van der Waals surface area contributed by atoms with Crippen LogP contribution in [0.15, 0.2) is 0 Å². The molecule has 0 saturated heterocycles. The van der Waals surface area contributed by atoms with Crippen molar-refractivity contribution in [2.75, 3.05) is 0 Å². The van der Waals surface area contributed by atoms with Crippen molar-refractivity contribution in [2.24, 2.45) is 17.8 Å². The van der Waals surface area contributed by atoms with Gasteiger partial charge in [-0.3, -0.25) is 4.79 Å². The summed E-state index contributed by atoms with van der Waals surface area (Å²) < 4.78 is 0. The molecule has 3 atom stereocenters. The molecular formula is C14H26O. The van der Waals surface area contributed by atoms with Gasteiger partial charge in [0.25, 0.3) is 0 Å². The van der Waals surface area contributed by atoms with Crippen molar-refractivity contribution in [3.8, 4) is 0 Å². The zero-order chi connectivity index (χ0) is 11.3. The molecule has 1 aliphatic rings. The summed E-state index contributed by atoms with van der Waals surface area (Å²) in [4.78, 5) is 12.3. The summed E-state index contributed by atoms with van der Waals surface area (Å²) in [6.45, 7) is 6.52. The molecule has 0 radical (unpaired) electrons. The fourth-order valence-electron chi connectivity index (χ4n) is 3.01. The van der Waals surface area contributed by atoms with Crippen LogP contribution in [0, 0.1) is 17.8 Å². The van der Waals surface area contributed by atoms with E-state index in [1.54, 1.807) is 0 Å². The molecule has 1 saturated carbocycles. The van der Waals surface area contributed by atoms with Crippen molar-refractivity contribution >= 4 is 5.78 Å². The minimum absolute atomic E-state index is 0.298. The number of carbonyl (C=O) groups is 1. The second-order valence-electron chi connectivity index (χ2n) is 5.15. The third-order valence-corrected chi connectivity index (χ3v) is 4.01. The molecule has 0 aromatic heterocycles. The largest absolute Gasteiger partial charge is 0.299 e. The van der Waals surface area contributed by atoms with Crippen LogP contribution in [0.1, 0.15) is 65.7 Å². The molecule has 0 heterocycles. The number of Topliss-reactive ketones (excluding diaryl/α,β-unsaturated/α-hetero) is 1. The summed E-state index contributed by atoms with van der Waals surface area (Å²) in [6.07, 6.45) is 8.45. The van der Waals surface area contributed by atoms with Gasteiger partial charge in [-0.25, -0.2) is 0 Å². The van der Waals surface area contributed by atoms with E-state index in [0.717, 1.165) is 19.3 Å². The molecule has 0 spiro atoms. The first-order chi connectivity index (χ1) is 7.20. The number of carbonyl (C=O) groups excluding carboxylic acids is 1. The van der Waals surface area contributed by atoms with Crippen molar-refractivity contribution < 1.29 is 4.79 Å². The minimum atomic E-state index is 0.298. The first-order valence-corrected chi connectivity index (χ1v) is 6.74. The zero-order valence-corrected chi connectivity index (χ0v) is 10.6.